The molecule has 0 amide bonds. The largest absolute Gasteiger partial charge is 0.495 e. The van der Waals surface area contributed by atoms with Crippen LogP contribution in [0.25, 0.3) is 10.4 Å². The first kappa shape index (κ1) is 23.0. The highest BCUT2D eigenvalue weighted by Crippen LogP contribution is 2.36. The van der Waals surface area contributed by atoms with Crippen molar-refractivity contribution in [2.24, 2.45) is 5.92 Å². The number of aryl methyl sites for hydroxylation is 1. The highest BCUT2D eigenvalue weighted by molar-refractivity contribution is 7.89. The van der Waals surface area contributed by atoms with Gasteiger partial charge in [0.1, 0.15) is 10.6 Å². The van der Waals surface area contributed by atoms with Crippen molar-refractivity contribution < 1.29 is 18.3 Å². The summed E-state index contributed by atoms with van der Waals surface area (Å²) in [5, 5.41) is 13.8. The third-order valence-corrected chi connectivity index (χ3v) is 7.90. The predicted octanol–water partition coefficient (Wildman–Crippen LogP) is 3.78. The number of hydrogen-bond donors (Lipinski definition) is 3. The van der Waals surface area contributed by atoms with Gasteiger partial charge in [-0.15, -0.1) is 0 Å². The van der Waals surface area contributed by atoms with Gasteiger partial charge in [0.15, 0.2) is 5.13 Å². The second kappa shape index (κ2) is 9.64. The van der Waals surface area contributed by atoms with Gasteiger partial charge in [0.25, 0.3) is 0 Å². The van der Waals surface area contributed by atoms with Crippen LogP contribution in [0.3, 0.4) is 0 Å². The monoisotopic (exact) mass is 453 g/mol. The molecule has 1 heterocycles. The first-order valence-corrected chi connectivity index (χ1v) is 12.6. The number of hydrogen-bond acceptors (Lipinski definition) is 7. The lowest BCUT2D eigenvalue weighted by atomic mass is 9.94. The molecule has 1 aromatic carbocycles. The van der Waals surface area contributed by atoms with Gasteiger partial charge in [-0.3, -0.25) is 0 Å². The number of nitrogens with zero attached hydrogens (tertiary/aromatic N) is 1. The molecule has 30 heavy (non-hydrogen) atoms. The van der Waals surface area contributed by atoms with E-state index in [0.717, 1.165) is 27.8 Å². The molecular weight excluding hydrogens is 422 g/mol. The Balaban J connectivity index is 1.88. The molecule has 1 aromatic heterocycles. The molecule has 3 N–H and O–H groups in total. The summed E-state index contributed by atoms with van der Waals surface area (Å²) in [7, 11) is -2.30. The Morgan fingerprint density at radius 2 is 1.97 bits per heavy atom. The minimum absolute atomic E-state index is 0.123. The van der Waals surface area contributed by atoms with E-state index in [0.29, 0.717) is 37.4 Å². The standard InChI is InChI=1S/C21H31N3O4S2/c1-13(2)12-22-21-23-14(3)20(29-21)15-5-10-18(28-4)19(11-15)30(26,27)24-16-6-8-17(25)9-7-16/h5,10-11,13,16-17,24-25H,6-9,12H2,1-4H3,(H,22,23)/t16-,17+. The number of methoxy groups -OCH3 is 1. The first-order valence-electron chi connectivity index (χ1n) is 10.3. The van der Waals surface area contributed by atoms with Gasteiger partial charge in [-0.2, -0.15) is 0 Å². The zero-order valence-corrected chi connectivity index (χ0v) is 19.6. The lowest BCUT2D eigenvalue weighted by molar-refractivity contribution is 0.120. The molecule has 0 spiro atoms. The van der Waals surface area contributed by atoms with Crippen LogP contribution in [0, 0.1) is 12.8 Å². The summed E-state index contributed by atoms with van der Waals surface area (Å²) in [5.74, 6) is 0.810. The quantitative estimate of drug-likeness (QED) is 0.562. The summed E-state index contributed by atoms with van der Waals surface area (Å²) in [6.07, 6.45) is 2.13. The van der Waals surface area contributed by atoms with Gasteiger partial charge in [0.2, 0.25) is 10.0 Å². The Bertz CT molecular complexity index is 965. The summed E-state index contributed by atoms with van der Waals surface area (Å²) in [5.41, 5.74) is 1.65. The molecule has 2 aromatic rings. The summed E-state index contributed by atoms with van der Waals surface area (Å²) in [6.45, 7) is 7.02. The third-order valence-electron chi connectivity index (χ3n) is 5.19. The van der Waals surface area contributed by atoms with Crippen LogP contribution in [-0.4, -0.2) is 44.3 Å². The van der Waals surface area contributed by atoms with Gasteiger partial charge >= 0.3 is 0 Å². The topological polar surface area (TPSA) is 101 Å². The van der Waals surface area contributed by atoms with Crippen LogP contribution in [0.15, 0.2) is 23.1 Å². The van der Waals surface area contributed by atoms with E-state index in [2.05, 4.69) is 28.9 Å². The molecule has 1 saturated carbocycles. The number of benzene rings is 1. The molecule has 0 aliphatic heterocycles. The minimum atomic E-state index is -3.77. The molecule has 0 saturated heterocycles. The summed E-state index contributed by atoms with van der Waals surface area (Å²) < 4.78 is 34.4. The van der Waals surface area contributed by atoms with Crippen LogP contribution in [0.1, 0.15) is 45.2 Å². The summed E-state index contributed by atoms with van der Waals surface area (Å²) in [6, 6.07) is 5.03. The van der Waals surface area contributed by atoms with E-state index in [1.807, 2.05) is 13.0 Å². The van der Waals surface area contributed by atoms with Crippen molar-refractivity contribution in [2.75, 3.05) is 19.0 Å². The van der Waals surface area contributed by atoms with Crippen molar-refractivity contribution >= 4 is 26.5 Å². The maximum absolute atomic E-state index is 13.1. The van der Waals surface area contributed by atoms with E-state index in [9.17, 15) is 13.5 Å². The molecule has 0 radical (unpaired) electrons. The molecule has 1 aliphatic carbocycles. The minimum Gasteiger partial charge on any atom is -0.495 e. The van der Waals surface area contributed by atoms with Gasteiger partial charge in [-0.25, -0.2) is 18.1 Å². The van der Waals surface area contributed by atoms with E-state index in [-0.39, 0.29) is 17.0 Å². The number of anilines is 1. The van der Waals surface area contributed by atoms with E-state index < -0.39 is 10.0 Å². The zero-order chi connectivity index (χ0) is 21.9. The maximum Gasteiger partial charge on any atom is 0.244 e. The lowest BCUT2D eigenvalue weighted by Crippen LogP contribution is -2.38. The normalized spacial score (nSPS) is 19.8. The van der Waals surface area contributed by atoms with Crippen molar-refractivity contribution in [3.8, 4) is 16.2 Å². The van der Waals surface area contributed by atoms with Crippen LogP contribution < -0.4 is 14.8 Å². The number of aromatic nitrogens is 1. The SMILES string of the molecule is COc1ccc(-c2sc(NCC(C)C)nc2C)cc1S(=O)(=O)N[C@H]1CC[C@@H](O)CC1. The molecule has 1 fully saturated rings. The molecule has 7 nitrogen and oxygen atoms in total. The van der Waals surface area contributed by atoms with Gasteiger partial charge in [0, 0.05) is 12.6 Å². The Hall–Kier alpha value is -1.68. The molecule has 0 unspecified atom stereocenters. The first-order chi connectivity index (χ1) is 14.2. The highest BCUT2D eigenvalue weighted by atomic mass is 32.2. The van der Waals surface area contributed by atoms with Crippen molar-refractivity contribution in [3.05, 3.63) is 23.9 Å². The predicted molar refractivity (Wildman–Crippen MR) is 121 cm³/mol. The fourth-order valence-electron chi connectivity index (χ4n) is 3.54. The van der Waals surface area contributed by atoms with Gasteiger partial charge < -0.3 is 15.2 Å². The molecule has 166 valence electrons. The number of nitrogens with one attached hydrogen (secondary N) is 2. The van der Waals surface area contributed by atoms with Gasteiger partial charge in [-0.05, 0) is 62.3 Å². The lowest BCUT2D eigenvalue weighted by Gasteiger charge is -2.26. The summed E-state index contributed by atoms with van der Waals surface area (Å²) in [4.78, 5) is 5.64. The van der Waals surface area contributed by atoms with Crippen molar-refractivity contribution in [1.82, 2.24) is 9.71 Å². The molecule has 3 rings (SSSR count). The number of ether oxygens (including phenoxy) is 1. The number of aliphatic hydroxyl groups is 1. The van der Waals surface area contributed by atoms with Crippen LogP contribution in [-0.2, 0) is 10.0 Å². The Morgan fingerprint density at radius 1 is 1.27 bits per heavy atom. The zero-order valence-electron chi connectivity index (χ0n) is 17.9. The molecular formula is C21H31N3O4S2. The number of thiazole rings is 1. The van der Waals surface area contributed by atoms with E-state index >= 15 is 0 Å². The Labute approximate surface area is 182 Å². The molecule has 1 aliphatic rings. The third kappa shape index (κ3) is 5.51. The Kier molecular flexibility index (Phi) is 7.38. The second-order valence-corrected chi connectivity index (χ2v) is 10.9. The molecule has 0 bridgehead atoms. The second-order valence-electron chi connectivity index (χ2n) is 8.20. The fraction of sp³-hybridized carbons (Fsp3) is 0.571. The van der Waals surface area contributed by atoms with Gasteiger partial charge in [-0.1, -0.05) is 25.2 Å². The van der Waals surface area contributed by atoms with E-state index in [1.54, 1.807) is 12.1 Å². The smallest absolute Gasteiger partial charge is 0.244 e. The molecule has 9 heteroatoms. The average molecular weight is 454 g/mol. The number of sulfonamides is 1. The van der Waals surface area contributed by atoms with Gasteiger partial charge in [0.05, 0.1) is 23.8 Å². The fourth-order valence-corrected chi connectivity index (χ4v) is 6.01. The Morgan fingerprint density at radius 3 is 2.60 bits per heavy atom. The van der Waals surface area contributed by atoms with Crippen molar-refractivity contribution in [2.45, 2.75) is 63.5 Å². The van der Waals surface area contributed by atoms with Crippen LogP contribution in [0.4, 0.5) is 5.13 Å². The van der Waals surface area contributed by atoms with E-state index in [4.69, 9.17) is 4.74 Å². The van der Waals surface area contributed by atoms with Crippen molar-refractivity contribution in [1.29, 1.82) is 0 Å². The number of rotatable bonds is 8. The van der Waals surface area contributed by atoms with Crippen LogP contribution in [0.5, 0.6) is 5.75 Å². The van der Waals surface area contributed by atoms with Crippen molar-refractivity contribution in [3.63, 3.8) is 0 Å². The van der Waals surface area contributed by atoms with Crippen LogP contribution >= 0.6 is 11.3 Å². The summed E-state index contributed by atoms with van der Waals surface area (Å²) >= 11 is 1.52. The van der Waals surface area contributed by atoms with E-state index in [1.165, 1.54) is 18.4 Å². The maximum atomic E-state index is 13.1. The number of aliphatic hydroxyl groups excluding tert-OH is 1. The molecule has 0 atom stereocenters. The van der Waals surface area contributed by atoms with Crippen LogP contribution in [0.2, 0.25) is 0 Å². The average Bonchev–Trinajstić information content (AvgIpc) is 3.08. The highest BCUT2D eigenvalue weighted by Gasteiger charge is 2.27.